The smallest absolute Gasteiger partial charge is 0.255 e. The number of pyridine rings is 1. The van der Waals surface area contributed by atoms with Gasteiger partial charge in [0.05, 0.1) is 5.56 Å². The highest BCUT2D eigenvalue weighted by atomic mass is 16.5. The van der Waals surface area contributed by atoms with Crippen molar-refractivity contribution >= 4 is 5.91 Å². The van der Waals surface area contributed by atoms with E-state index in [4.69, 9.17) is 4.74 Å². The number of amides is 1. The van der Waals surface area contributed by atoms with Crippen LogP contribution in [0.25, 0.3) is 11.1 Å². The Morgan fingerprint density at radius 2 is 1.61 bits per heavy atom. The van der Waals surface area contributed by atoms with Crippen LogP contribution in [0.3, 0.4) is 0 Å². The van der Waals surface area contributed by atoms with Crippen molar-refractivity contribution in [3.05, 3.63) is 78.6 Å². The average Bonchev–Trinajstić information content (AvgIpc) is 2.75. The van der Waals surface area contributed by atoms with Gasteiger partial charge in [0, 0.05) is 31.0 Å². The Morgan fingerprint density at radius 3 is 2.32 bits per heavy atom. The Hall–Kier alpha value is -3.14. The number of carbonyl (C=O) groups is 1. The first-order valence-electron chi connectivity index (χ1n) is 9.77. The van der Waals surface area contributed by atoms with E-state index in [1.807, 2.05) is 65.6 Å². The molecule has 1 aliphatic heterocycles. The number of hydrogen-bond acceptors (Lipinski definition) is 3. The van der Waals surface area contributed by atoms with Gasteiger partial charge in [-0.3, -0.25) is 9.78 Å². The van der Waals surface area contributed by atoms with Crippen molar-refractivity contribution in [2.75, 3.05) is 13.1 Å². The van der Waals surface area contributed by atoms with E-state index in [1.165, 1.54) is 0 Å². The zero-order valence-corrected chi connectivity index (χ0v) is 16.0. The molecule has 28 heavy (non-hydrogen) atoms. The molecule has 0 N–H and O–H groups in total. The molecular formula is C24H24N2O2. The Morgan fingerprint density at radius 1 is 0.929 bits per heavy atom. The van der Waals surface area contributed by atoms with Gasteiger partial charge in [-0.15, -0.1) is 0 Å². The van der Waals surface area contributed by atoms with E-state index in [-0.39, 0.29) is 5.91 Å². The van der Waals surface area contributed by atoms with E-state index in [1.54, 1.807) is 12.4 Å². The first-order valence-corrected chi connectivity index (χ1v) is 9.77. The molecule has 3 aromatic rings. The molecule has 0 aliphatic carbocycles. The van der Waals surface area contributed by atoms with Gasteiger partial charge in [-0.05, 0) is 54.7 Å². The lowest BCUT2D eigenvalue weighted by Crippen LogP contribution is -2.37. The number of hydrogen-bond donors (Lipinski definition) is 0. The quantitative estimate of drug-likeness (QED) is 0.615. The van der Waals surface area contributed by atoms with Crippen molar-refractivity contribution < 1.29 is 9.53 Å². The van der Waals surface area contributed by atoms with Crippen LogP contribution in [0.4, 0.5) is 0 Å². The van der Waals surface area contributed by atoms with E-state index in [0.717, 1.165) is 48.6 Å². The van der Waals surface area contributed by atoms with E-state index in [2.05, 4.69) is 11.9 Å². The number of piperidine rings is 1. The van der Waals surface area contributed by atoms with Crippen LogP contribution in [0.2, 0.25) is 0 Å². The van der Waals surface area contributed by atoms with E-state index >= 15 is 0 Å². The average molecular weight is 372 g/mol. The van der Waals surface area contributed by atoms with Gasteiger partial charge in [0.1, 0.15) is 11.5 Å². The summed E-state index contributed by atoms with van der Waals surface area (Å²) in [5.74, 6) is 2.35. The third-order valence-electron chi connectivity index (χ3n) is 5.22. The molecule has 0 saturated carbocycles. The molecule has 0 atom stereocenters. The molecule has 142 valence electrons. The lowest BCUT2D eigenvalue weighted by molar-refractivity contribution is 0.0697. The summed E-state index contributed by atoms with van der Waals surface area (Å²) in [6.45, 7) is 3.90. The van der Waals surface area contributed by atoms with Crippen molar-refractivity contribution in [1.29, 1.82) is 0 Å². The molecule has 1 amide bonds. The fraction of sp³-hybridized carbons (Fsp3) is 0.250. The molecule has 4 nitrogen and oxygen atoms in total. The second-order valence-electron chi connectivity index (χ2n) is 7.38. The second-order valence-corrected chi connectivity index (χ2v) is 7.38. The number of nitrogens with zero attached hydrogens (tertiary/aromatic N) is 2. The molecule has 4 heteroatoms. The highest BCUT2D eigenvalue weighted by Gasteiger charge is 2.21. The Balaban J connectivity index is 1.49. The van der Waals surface area contributed by atoms with Gasteiger partial charge in [0.25, 0.3) is 5.91 Å². The van der Waals surface area contributed by atoms with Crippen LogP contribution < -0.4 is 4.74 Å². The van der Waals surface area contributed by atoms with Crippen molar-refractivity contribution in [2.45, 2.75) is 19.8 Å². The molecule has 2 aromatic carbocycles. The third kappa shape index (κ3) is 4.22. The van der Waals surface area contributed by atoms with Crippen LogP contribution in [0.1, 0.15) is 30.1 Å². The van der Waals surface area contributed by atoms with Crippen LogP contribution >= 0.6 is 0 Å². The van der Waals surface area contributed by atoms with Crippen LogP contribution in [-0.2, 0) is 0 Å². The van der Waals surface area contributed by atoms with Crippen LogP contribution in [-0.4, -0.2) is 28.9 Å². The summed E-state index contributed by atoms with van der Waals surface area (Å²) in [6, 6.07) is 19.5. The molecule has 0 radical (unpaired) electrons. The number of aromatic nitrogens is 1. The predicted molar refractivity (Wildman–Crippen MR) is 110 cm³/mol. The minimum absolute atomic E-state index is 0.0743. The molecule has 2 heterocycles. The van der Waals surface area contributed by atoms with Crippen molar-refractivity contribution in [2.24, 2.45) is 5.92 Å². The summed E-state index contributed by atoms with van der Waals surface area (Å²) in [4.78, 5) is 19.1. The molecule has 0 bridgehead atoms. The number of likely N-dealkylation sites (tertiary alicyclic amines) is 1. The zero-order valence-electron chi connectivity index (χ0n) is 16.0. The Kier molecular flexibility index (Phi) is 5.38. The van der Waals surface area contributed by atoms with Crippen LogP contribution in [0.5, 0.6) is 11.5 Å². The second kappa shape index (κ2) is 8.26. The predicted octanol–water partition coefficient (Wildman–Crippen LogP) is 5.41. The fourth-order valence-electron chi connectivity index (χ4n) is 3.45. The highest BCUT2D eigenvalue weighted by molar-refractivity contribution is 5.95. The summed E-state index contributed by atoms with van der Waals surface area (Å²) in [6.07, 6.45) is 5.60. The van der Waals surface area contributed by atoms with Crippen molar-refractivity contribution in [3.8, 4) is 22.6 Å². The molecular weight excluding hydrogens is 348 g/mol. The van der Waals surface area contributed by atoms with Gasteiger partial charge in [0.2, 0.25) is 0 Å². The maximum Gasteiger partial charge on any atom is 0.255 e. The normalized spacial score (nSPS) is 14.7. The number of ether oxygens (including phenoxy) is 1. The van der Waals surface area contributed by atoms with Crippen LogP contribution in [0.15, 0.2) is 73.1 Å². The van der Waals surface area contributed by atoms with Gasteiger partial charge in [-0.25, -0.2) is 0 Å². The van der Waals surface area contributed by atoms with Crippen molar-refractivity contribution in [3.63, 3.8) is 0 Å². The summed E-state index contributed by atoms with van der Waals surface area (Å²) in [7, 11) is 0. The van der Waals surface area contributed by atoms with Gasteiger partial charge in [-0.1, -0.05) is 37.3 Å². The van der Waals surface area contributed by atoms with E-state index in [0.29, 0.717) is 11.5 Å². The highest BCUT2D eigenvalue weighted by Crippen LogP contribution is 2.26. The molecule has 0 spiro atoms. The molecule has 4 rings (SSSR count). The molecule has 1 aliphatic rings. The summed E-state index contributed by atoms with van der Waals surface area (Å²) >= 11 is 0. The topological polar surface area (TPSA) is 42.4 Å². The van der Waals surface area contributed by atoms with E-state index < -0.39 is 0 Å². The van der Waals surface area contributed by atoms with Gasteiger partial charge >= 0.3 is 0 Å². The number of para-hydroxylation sites is 1. The standard InChI is InChI=1S/C24H24N2O2/c1-18-11-13-26(14-12-18)24(27)21-15-20(16-25-17-21)19-7-9-23(10-8-19)28-22-5-3-2-4-6-22/h2-10,15-18H,11-14H2,1H3. The molecule has 0 unspecified atom stereocenters. The Labute approximate surface area is 165 Å². The van der Waals surface area contributed by atoms with Crippen LogP contribution in [0, 0.1) is 5.92 Å². The minimum atomic E-state index is 0.0743. The summed E-state index contributed by atoms with van der Waals surface area (Å²) < 4.78 is 5.84. The molecule has 1 fully saturated rings. The largest absolute Gasteiger partial charge is 0.457 e. The SMILES string of the molecule is CC1CCN(C(=O)c2cncc(-c3ccc(Oc4ccccc4)cc3)c2)CC1. The van der Waals surface area contributed by atoms with Crippen molar-refractivity contribution in [1.82, 2.24) is 9.88 Å². The summed E-state index contributed by atoms with van der Waals surface area (Å²) in [5.41, 5.74) is 2.59. The monoisotopic (exact) mass is 372 g/mol. The molecule has 1 aromatic heterocycles. The van der Waals surface area contributed by atoms with E-state index in [9.17, 15) is 4.79 Å². The van der Waals surface area contributed by atoms with Gasteiger partial charge in [0.15, 0.2) is 0 Å². The number of rotatable bonds is 4. The van der Waals surface area contributed by atoms with Gasteiger partial charge in [-0.2, -0.15) is 0 Å². The Bertz CT molecular complexity index is 930. The first kappa shape index (κ1) is 18.2. The number of benzene rings is 2. The summed E-state index contributed by atoms with van der Waals surface area (Å²) in [5, 5.41) is 0. The van der Waals surface area contributed by atoms with Gasteiger partial charge < -0.3 is 9.64 Å². The lowest BCUT2D eigenvalue weighted by atomic mass is 9.98. The zero-order chi connectivity index (χ0) is 19.3. The first-order chi connectivity index (χ1) is 13.7. The maximum absolute atomic E-state index is 12.8. The maximum atomic E-state index is 12.8. The molecule has 1 saturated heterocycles. The lowest BCUT2D eigenvalue weighted by Gasteiger charge is -2.30. The minimum Gasteiger partial charge on any atom is -0.457 e. The fourth-order valence-corrected chi connectivity index (χ4v) is 3.45. The number of carbonyl (C=O) groups excluding carboxylic acids is 1. The third-order valence-corrected chi connectivity index (χ3v) is 5.22.